The van der Waals surface area contributed by atoms with E-state index in [1.165, 1.54) is 12.0 Å². The summed E-state index contributed by atoms with van der Waals surface area (Å²) >= 11 is 2.02. The van der Waals surface area contributed by atoms with Crippen LogP contribution in [-0.4, -0.2) is 17.3 Å². The molecule has 17 heavy (non-hydrogen) atoms. The second-order valence-electron chi connectivity index (χ2n) is 5.23. The molecule has 1 atom stereocenters. The molecular weight excluding hydrogens is 226 g/mol. The van der Waals surface area contributed by atoms with E-state index in [-0.39, 0.29) is 5.54 Å². The molecule has 1 N–H and O–H groups in total. The van der Waals surface area contributed by atoms with Gasteiger partial charge in [-0.3, -0.25) is 0 Å². The monoisotopic (exact) mass is 251 g/mol. The standard InChI is InChI=1S/C15H25NS/c1-5-15(3,4)16-11-13(2)17-12-14-9-7-6-8-10-14/h6-10,13,16H,5,11-12H2,1-4H3. The summed E-state index contributed by atoms with van der Waals surface area (Å²) in [7, 11) is 0. The zero-order valence-electron chi connectivity index (χ0n) is 11.5. The predicted molar refractivity (Wildman–Crippen MR) is 79.6 cm³/mol. The second kappa shape index (κ2) is 7.07. The lowest BCUT2D eigenvalue weighted by atomic mass is 10.0. The number of thioether (sulfide) groups is 1. The van der Waals surface area contributed by atoms with Crippen LogP contribution in [-0.2, 0) is 5.75 Å². The Morgan fingerprint density at radius 1 is 1.24 bits per heavy atom. The van der Waals surface area contributed by atoms with Gasteiger partial charge in [0.2, 0.25) is 0 Å². The van der Waals surface area contributed by atoms with Crippen LogP contribution in [0.3, 0.4) is 0 Å². The maximum absolute atomic E-state index is 3.62. The molecule has 0 amide bonds. The zero-order chi connectivity index (χ0) is 12.7. The van der Waals surface area contributed by atoms with Gasteiger partial charge in [-0.2, -0.15) is 11.8 Å². The third-order valence-corrected chi connectivity index (χ3v) is 4.37. The molecule has 0 aromatic heterocycles. The van der Waals surface area contributed by atoms with Crippen molar-refractivity contribution >= 4 is 11.8 Å². The molecule has 2 heteroatoms. The molecular formula is C15H25NS. The average Bonchev–Trinajstić information content (AvgIpc) is 2.35. The molecule has 0 heterocycles. The Morgan fingerprint density at radius 2 is 1.88 bits per heavy atom. The van der Waals surface area contributed by atoms with E-state index in [9.17, 15) is 0 Å². The largest absolute Gasteiger partial charge is 0.311 e. The third kappa shape index (κ3) is 6.13. The van der Waals surface area contributed by atoms with Gasteiger partial charge in [0.1, 0.15) is 0 Å². The fraction of sp³-hybridized carbons (Fsp3) is 0.600. The van der Waals surface area contributed by atoms with Crippen molar-refractivity contribution < 1.29 is 0 Å². The van der Waals surface area contributed by atoms with E-state index < -0.39 is 0 Å². The first-order valence-electron chi connectivity index (χ1n) is 6.44. The van der Waals surface area contributed by atoms with Crippen molar-refractivity contribution in [1.82, 2.24) is 5.32 Å². The van der Waals surface area contributed by atoms with E-state index in [4.69, 9.17) is 0 Å². The summed E-state index contributed by atoms with van der Waals surface area (Å²) in [5.74, 6) is 1.11. The molecule has 0 bridgehead atoms. The Balaban J connectivity index is 2.24. The Labute approximate surface area is 110 Å². The highest BCUT2D eigenvalue weighted by atomic mass is 32.2. The van der Waals surface area contributed by atoms with E-state index in [0.717, 1.165) is 12.3 Å². The van der Waals surface area contributed by atoms with Crippen LogP contribution in [0.1, 0.15) is 39.7 Å². The quantitative estimate of drug-likeness (QED) is 0.783. The van der Waals surface area contributed by atoms with Gasteiger partial charge in [0, 0.05) is 23.1 Å². The third-order valence-electron chi connectivity index (χ3n) is 3.13. The number of benzene rings is 1. The Kier molecular flexibility index (Phi) is 6.07. The van der Waals surface area contributed by atoms with Crippen LogP contribution in [0.25, 0.3) is 0 Å². The van der Waals surface area contributed by atoms with E-state index in [1.54, 1.807) is 0 Å². The zero-order valence-corrected chi connectivity index (χ0v) is 12.3. The minimum Gasteiger partial charge on any atom is -0.311 e. The molecule has 1 rings (SSSR count). The van der Waals surface area contributed by atoms with Gasteiger partial charge in [0.15, 0.2) is 0 Å². The van der Waals surface area contributed by atoms with Gasteiger partial charge in [-0.05, 0) is 25.8 Å². The normalized spacial score (nSPS) is 13.6. The molecule has 0 fully saturated rings. The lowest BCUT2D eigenvalue weighted by Crippen LogP contribution is -2.41. The Morgan fingerprint density at radius 3 is 2.47 bits per heavy atom. The summed E-state index contributed by atoms with van der Waals surface area (Å²) < 4.78 is 0. The van der Waals surface area contributed by atoms with E-state index >= 15 is 0 Å². The summed E-state index contributed by atoms with van der Waals surface area (Å²) in [4.78, 5) is 0. The van der Waals surface area contributed by atoms with Crippen LogP contribution in [0.2, 0.25) is 0 Å². The van der Waals surface area contributed by atoms with Crippen molar-refractivity contribution in [2.24, 2.45) is 0 Å². The molecule has 0 radical (unpaired) electrons. The number of hydrogen-bond acceptors (Lipinski definition) is 2. The Hall–Kier alpha value is -0.470. The molecule has 0 saturated heterocycles. The fourth-order valence-corrected chi connectivity index (χ4v) is 2.29. The van der Waals surface area contributed by atoms with Crippen LogP contribution in [0.4, 0.5) is 0 Å². The van der Waals surface area contributed by atoms with Gasteiger partial charge in [-0.15, -0.1) is 0 Å². The van der Waals surface area contributed by atoms with Crippen molar-refractivity contribution in [2.75, 3.05) is 6.54 Å². The van der Waals surface area contributed by atoms with Crippen molar-refractivity contribution in [3.8, 4) is 0 Å². The average molecular weight is 251 g/mol. The first-order valence-corrected chi connectivity index (χ1v) is 7.49. The van der Waals surface area contributed by atoms with Crippen molar-refractivity contribution in [2.45, 2.75) is 50.7 Å². The topological polar surface area (TPSA) is 12.0 Å². The molecule has 0 spiro atoms. The van der Waals surface area contributed by atoms with Gasteiger partial charge in [-0.1, -0.05) is 44.2 Å². The summed E-state index contributed by atoms with van der Waals surface area (Å²) in [6, 6.07) is 10.7. The maximum Gasteiger partial charge on any atom is 0.0187 e. The molecule has 0 aliphatic heterocycles. The minimum absolute atomic E-state index is 0.265. The summed E-state index contributed by atoms with van der Waals surface area (Å²) in [6.45, 7) is 10.1. The van der Waals surface area contributed by atoms with Gasteiger partial charge >= 0.3 is 0 Å². The predicted octanol–water partition coefficient (Wildman–Crippen LogP) is 4.09. The van der Waals surface area contributed by atoms with Gasteiger partial charge < -0.3 is 5.32 Å². The fourth-order valence-electron chi connectivity index (χ4n) is 1.42. The highest BCUT2D eigenvalue weighted by Gasteiger charge is 2.15. The number of nitrogens with one attached hydrogen (secondary N) is 1. The lowest BCUT2D eigenvalue weighted by molar-refractivity contribution is 0.379. The number of rotatable bonds is 7. The molecule has 1 aromatic rings. The van der Waals surface area contributed by atoms with Crippen LogP contribution < -0.4 is 5.32 Å². The molecule has 96 valence electrons. The molecule has 1 nitrogen and oxygen atoms in total. The van der Waals surface area contributed by atoms with Crippen LogP contribution in [0.15, 0.2) is 30.3 Å². The Bertz CT molecular complexity index is 308. The van der Waals surface area contributed by atoms with Gasteiger partial charge in [-0.25, -0.2) is 0 Å². The van der Waals surface area contributed by atoms with E-state index in [2.05, 4.69) is 63.3 Å². The summed E-state index contributed by atoms with van der Waals surface area (Å²) in [5, 5.41) is 4.28. The van der Waals surface area contributed by atoms with E-state index in [0.29, 0.717) is 5.25 Å². The van der Waals surface area contributed by atoms with Crippen molar-refractivity contribution in [3.63, 3.8) is 0 Å². The van der Waals surface area contributed by atoms with Crippen molar-refractivity contribution in [3.05, 3.63) is 35.9 Å². The summed E-state index contributed by atoms with van der Waals surface area (Å²) in [5.41, 5.74) is 1.68. The highest BCUT2D eigenvalue weighted by Crippen LogP contribution is 2.18. The van der Waals surface area contributed by atoms with Gasteiger partial charge in [0.05, 0.1) is 0 Å². The second-order valence-corrected chi connectivity index (χ2v) is 6.65. The van der Waals surface area contributed by atoms with Gasteiger partial charge in [0.25, 0.3) is 0 Å². The molecule has 1 unspecified atom stereocenters. The number of hydrogen-bond donors (Lipinski definition) is 1. The highest BCUT2D eigenvalue weighted by molar-refractivity contribution is 7.99. The first-order chi connectivity index (χ1) is 8.03. The smallest absolute Gasteiger partial charge is 0.0187 e. The minimum atomic E-state index is 0.265. The first kappa shape index (κ1) is 14.6. The van der Waals surface area contributed by atoms with Crippen LogP contribution >= 0.6 is 11.8 Å². The molecule has 1 aromatic carbocycles. The SMILES string of the molecule is CCC(C)(C)NCC(C)SCc1ccccc1. The molecule has 0 aliphatic rings. The maximum atomic E-state index is 3.62. The summed E-state index contributed by atoms with van der Waals surface area (Å²) in [6.07, 6.45) is 1.17. The lowest BCUT2D eigenvalue weighted by Gasteiger charge is -2.26. The molecule has 0 saturated carbocycles. The molecule has 0 aliphatic carbocycles. The van der Waals surface area contributed by atoms with E-state index in [1.807, 2.05) is 11.8 Å². The van der Waals surface area contributed by atoms with Crippen LogP contribution in [0.5, 0.6) is 0 Å². The van der Waals surface area contributed by atoms with Crippen LogP contribution in [0, 0.1) is 0 Å². The van der Waals surface area contributed by atoms with Crippen molar-refractivity contribution in [1.29, 1.82) is 0 Å².